The summed E-state index contributed by atoms with van der Waals surface area (Å²) in [6.45, 7) is 3.91. The number of nitrogens with zero attached hydrogens (tertiary/aromatic N) is 2. The third-order valence-electron chi connectivity index (χ3n) is 2.87. The molecule has 5 nitrogen and oxygen atoms in total. The molecule has 1 atom stereocenters. The van der Waals surface area contributed by atoms with Gasteiger partial charge < -0.3 is 9.73 Å². The zero-order chi connectivity index (χ0) is 12.4. The Kier molecular flexibility index (Phi) is 2.99. The summed E-state index contributed by atoms with van der Waals surface area (Å²) in [7, 11) is 1.88. The number of carbonyl (C=O) groups is 1. The number of carbonyl (C=O) groups excluding carboxylic acids is 1. The van der Waals surface area contributed by atoms with Crippen molar-refractivity contribution in [2.45, 2.75) is 19.9 Å². The molecule has 0 spiro atoms. The van der Waals surface area contributed by atoms with Crippen LogP contribution in [0.5, 0.6) is 0 Å². The van der Waals surface area contributed by atoms with Gasteiger partial charge in [-0.1, -0.05) is 0 Å². The fourth-order valence-electron chi connectivity index (χ4n) is 1.69. The number of aromatic nitrogens is 2. The van der Waals surface area contributed by atoms with Gasteiger partial charge in [-0.2, -0.15) is 5.10 Å². The van der Waals surface area contributed by atoms with Crippen molar-refractivity contribution in [3.8, 4) is 0 Å². The molecule has 1 N–H and O–H groups in total. The van der Waals surface area contributed by atoms with E-state index in [2.05, 4.69) is 10.4 Å². The molecule has 17 heavy (non-hydrogen) atoms. The summed E-state index contributed by atoms with van der Waals surface area (Å²) in [5.74, 6) is -0.144. The third-order valence-corrected chi connectivity index (χ3v) is 2.87. The Morgan fingerprint density at radius 1 is 1.59 bits per heavy atom. The normalized spacial score (nSPS) is 12.4. The Morgan fingerprint density at radius 2 is 2.35 bits per heavy atom. The molecular weight excluding hydrogens is 218 g/mol. The van der Waals surface area contributed by atoms with Crippen LogP contribution in [-0.4, -0.2) is 15.7 Å². The first kappa shape index (κ1) is 11.4. The van der Waals surface area contributed by atoms with Crippen LogP contribution < -0.4 is 5.32 Å². The van der Waals surface area contributed by atoms with Crippen molar-refractivity contribution in [1.29, 1.82) is 0 Å². The van der Waals surface area contributed by atoms with Gasteiger partial charge >= 0.3 is 0 Å². The van der Waals surface area contributed by atoms with E-state index in [9.17, 15) is 4.79 Å². The summed E-state index contributed by atoms with van der Waals surface area (Å²) < 4.78 is 6.66. The van der Waals surface area contributed by atoms with Crippen molar-refractivity contribution >= 4 is 5.91 Å². The van der Waals surface area contributed by atoms with Crippen LogP contribution in [0.25, 0.3) is 0 Å². The lowest BCUT2D eigenvalue weighted by Crippen LogP contribution is -2.26. The van der Waals surface area contributed by atoms with E-state index in [0.717, 1.165) is 11.3 Å². The molecule has 0 radical (unpaired) electrons. The predicted octanol–water partition coefficient (Wildman–Crippen LogP) is 1.81. The maximum Gasteiger partial charge on any atom is 0.255 e. The van der Waals surface area contributed by atoms with Crippen LogP contribution in [0.3, 0.4) is 0 Å². The molecule has 0 bridgehead atoms. The Labute approximate surface area is 99.4 Å². The molecule has 0 aliphatic rings. The number of rotatable bonds is 3. The smallest absolute Gasteiger partial charge is 0.255 e. The minimum Gasteiger partial charge on any atom is -0.472 e. The number of aryl methyl sites for hydroxylation is 1. The minimum absolute atomic E-state index is 0.0777. The standard InChI is InChI=1S/C12H15N3O2/c1-8(11-6-13-15(3)9(11)2)14-12(16)10-4-5-17-7-10/h4-8H,1-3H3,(H,14,16)/t8-/m1/s1. The fraction of sp³-hybridized carbons (Fsp3) is 0.333. The quantitative estimate of drug-likeness (QED) is 0.879. The number of furan rings is 1. The highest BCUT2D eigenvalue weighted by atomic mass is 16.3. The van der Waals surface area contributed by atoms with Gasteiger partial charge in [0, 0.05) is 18.3 Å². The Morgan fingerprint density at radius 3 is 2.88 bits per heavy atom. The zero-order valence-corrected chi connectivity index (χ0v) is 10.1. The van der Waals surface area contributed by atoms with Crippen LogP contribution in [0, 0.1) is 6.92 Å². The maximum atomic E-state index is 11.8. The molecule has 2 rings (SSSR count). The van der Waals surface area contributed by atoms with Gasteiger partial charge in [0.15, 0.2) is 0 Å². The molecule has 90 valence electrons. The molecule has 0 aliphatic heterocycles. The van der Waals surface area contributed by atoms with Gasteiger partial charge in [-0.25, -0.2) is 0 Å². The topological polar surface area (TPSA) is 60.1 Å². The first-order valence-electron chi connectivity index (χ1n) is 5.41. The van der Waals surface area contributed by atoms with E-state index in [4.69, 9.17) is 4.42 Å². The molecule has 5 heteroatoms. The van der Waals surface area contributed by atoms with Crippen molar-refractivity contribution in [2.75, 3.05) is 0 Å². The summed E-state index contributed by atoms with van der Waals surface area (Å²) in [5.41, 5.74) is 2.59. The van der Waals surface area contributed by atoms with Crippen LogP contribution in [0.15, 0.2) is 29.2 Å². The SMILES string of the molecule is Cc1c([C@@H](C)NC(=O)c2ccoc2)cnn1C. The first-order chi connectivity index (χ1) is 8.09. The zero-order valence-electron chi connectivity index (χ0n) is 10.1. The minimum atomic E-state index is -0.144. The number of hydrogen-bond donors (Lipinski definition) is 1. The summed E-state index contributed by atoms with van der Waals surface area (Å²) >= 11 is 0. The molecular formula is C12H15N3O2. The molecule has 1 amide bonds. The first-order valence-corrected chi connectivity index (χ1v) is 5.41. The summed E-state index contributed by atoms with van der Waals surface area (Å²) in [4.78, 5) is 11.8. The van der Waals surface area contributed by atoms with Crippen molar-refractivity contribution in [2.24, 2.45) is 7.05 Å². The van der Waals surface area contributed by atoms with Gasteiger partial charge in [-0.3, -0.25) is 9.48 Å². The average Bonchev–Trinajstić information content (AvgIpc) is 2.90. The van der Waals surface area contributed by atoms with Crippen LogP contribution in [0.2, 0.25) is 0 Å². The lowest BCUT2D eigenvalue weighted by molar-refractivity contribution is 0.0939. The van der Waals surface area contributed by atoms with Crippen LogP contribution in [0.1, 0.15) is 34.6 Å². The second-order valence-electron chi connectivity index (χ2n) is 4.02. The second-order valence-corrected chi connectivity index (χ2v) is 4.02. The van der Waals surface area contributed by atoms with Crippen molar-refractivity contribution in [3.63, 3.8) is 0 Å². The van der Waals surface area contributed by atoms with Crippen LogP contribution in [0.4, 0.5) is 0 Å². The number of nitrogens with one attached hydrogen (secondary N) is 1. The highest BCUT2D eigenvalue weighted by Crippen LogP contribution is 2.16. The van der Waals surface area contributed by atoms with Crippen molar-refractivity contribution in [3.05, 3.63) is 41.6 Å². The van der Waals surface area contributed by atoms with Gasteiger partial charge in [-0.15, -0.1) is 0 Å². The number of hydrogen-bond acceptors (Lipinski definition) is 3. The van der Waals surface area contributed by atoms with E-state index in [1.165, 1.54) is 12.5 Å². The van der Waals surface area contributed by atoms with Crippen LogP contribution in [-0.2, 0) is 7.05 Å². The second kappa shape index (κ2) is 4.45. The average molecular weight is 233 g/mol. The van der Waals surface area contributed by atoms with Crippen molar-refractivity contribution < 1.29 is 9.21 Å². The molecule has 0 fully saturated rings. The van der Waals surface area contributed by atoms with Gasteiger partial charge in [-0.05, 0) is 19.9 Å². The molecule has 2 aromatic heterocycles. The van der Waals surface area contributed by atoms with Gasteiger partial charge in [0.1, 0.15) is 6.26 Å². The monoisotopic (exact) mass is 233 g/mol. The highest BCUT2D eigenvalue weighted by Gasteiger charge is 2.15. The van der Waals surface area contributed by atoms with E-state index in [0.29, 0.717) is 5.56 Å². The van der Waals surface area contributed by atoms with Gasteiger partial charge in [0.05, 0.1) is 24.1 Å². The summed E-state index contributed by atoms with van der Waals surface area (Å²) in [6.07, 6.45) is 4.68. The third kappa shape index (κ3) is 2.22. The Bertz CT molecular complexity index is 514. The predicted molar refractivity (Wildman–Crippen MR) is 62.5 cm³/mol. The lowest BCUT2D eigenvalue weighted by atomic mass is 10.1. The maximum absolute atomic E-state index is 11.8. The van der Waals surface area contributed by atoms with Crippen molar-refractivity contribution in [1.82, 2.24) is 15.1 Å². The van der Waals surface area contributed by atoms with Gasteiger partial charge in [0.25, 0.3) is 5.91 Å². The van der Waals surface area contributed by atoms with E-state index < -0.39 is 0 Å². The molecule has 2 aromatic rings. The summed E-state index contributed by atoms with van der Waals surface area (Å²) in [5, 5.41) is 7.05. The van der Waals surface area contributed by atoms with Crippen LogP contribution >= 0.6 is 0 Å². The summed E-state index contributed by atoms with van der Waals surface area (Å²) in [6, 6.07) is 1.56. The lowest BCUT2D eigenvalue weighted by Gasteiger charge is -2.12. The van der Waals surface area contributed by atoms with Gasteiger partial charge in [0.2, 0.25) is 0 Å². The molecule has 0 aliphatic carbocycles. The largest absolute Gasteiger partial charge is 0.472 e. The van der Waals surface area contributed by atoms with E-state index >= 15 is 0 Å². The highest BCUT2D eigenvalue weighted by molar-refractivity contribution is 5.94. The Balaban J connectivity index is 2.10. The number of amides is 1. The molecule has 0 aromatic carbocycles. The fourth-order valence-corrected chi connectivity index (χ4v) is 1.69. The molecule has 0 saturated heterocycles. The Hall–Kier alpha value is -2.04. The van der Waals surface area contributed by atoms with E-state index in [-0.39, 0.29) is 11.9 Å². The van der Waals surface area contributed by atoms with E-state index in [1.807, 2.05) is 20.9 Å². The molecule has 2 heterocycles. The molecule has 0 saturated carbocycles. The van der Waals surface area contributed by atoms with E-state index in [1.54, 1.807) is 16.9 Å². The molecule has 0 unspecified atom stereocenters.